The Morgan fingerprint density at radius 3 is 2.50 bits per heavy atom. The number of hydrogen-bond donors (Lipinski definition) is 0. The molecule has 12 heavy (non-hydrogen) atoms. The summed E-state index contributed by atoms with van der Waals surface area (Å²) in [6.45, 7) is 7.56. The topological polar surface area (TPSA) is 18.5 Å². The van der Waals surface area contributed by atoms with Gasteiger partial charge in [-0.15, -0.1) is 0 Å². The summed E-state index contributed by atoms with van der Waals surface area (Å²) in [5, 5.41) is 0. The zero-order chi connectivity index (χ0) is 8.44. The second kappa shape index (κ2) is 3.36. The van der Waals surface area contributed by atoms with Gasteiger partial charge in [0.15, 0.2) is 0 Å². The van der Waals surface area contributed by atoms with Crippen molar-refractivity contribution in [3.8, 4) is 0 Å². The number of nitrogens with zero attached hydrogens (tertiary/aromatic N) is 1. The number of quaternary nitrogens is 1. The van der Waals surface area contributed by atoms with Crippen LogP contribution in [0.15, 0.2) is 0 Å². The minimum atomic E-state index is 0.0801. The van der Waals surface area contributed by atoms with Crippen LogP contribution in [0, 0.1) is 0 Å². The number of hydrogen-bond acceptors (Lipinski definition) is 2. The molecule has 2 fully saturated rings. The van der Waals surface area contributed by atoms with Crippen molar-refractivity contribution in [2.75, 3.05) is 32.8 Å². The minimum Gasteiger partial charge on any atom is -0.348 e. The van der Waals surface area contributed by atoms with Crippen molar-refractivity contribution >= 4 is 7.25 Å². The van der Waals surface area contributed by atoms with Crippen LogP contribution in [0.25, 0.3) is 0 Å². The maximum Gasteiger partial charge on any atom is 0.760 e. The molecule has 0 spiro atoms. The summed E-state index contributed by atoms with van der Waals surface area (Å²) in [4.78, 5) is 0. The highest BCUT2D eigenvalue weighted by Crippen LogP contribution is 2.25. The SMILES string of the molecule is CCCC[N+]12CCOB1OCC2. The summed E-state index contributed by atoms with van der Waals surface area (Å²) >= 11 is 0. The van der Waals surface area contributed by atoms with E-state index in [9.17, 15) is 0 Å². The van der Waals surface area contributed by atoms with Gasteiger partial charge in [-0.3, -0.25) is 0 Å². The molecule has 0 aromatic heterocycles. The zero-order valence-electron chi connectivity index (χ0n) is 7.79. The fraction of sp³-hybridized carbons (Fsp3) is 1.00. The molecule has 0 aromatic rings. The van der Waals surface area contributed by atoms with Gasteiger partial charge < -0.3 is 13.7 Å². The molecule has 2 aliphatic rings. The maximum absolute atomic E-state index is 5.53. The van der Waals surface area contributed by atoms with Crippen molar-refractivity contribution in [2.45, 2.75) is 19.8 Å². The highest BCUT2D eigenvalue weighted by atomic mass is 16.6. The molecule has 0 amide bonds. The van der Waals surface area contributed by atoms with Gasteiger partial charge in [-0.25, -0.2) is 0 Å². The minimum absolute atomic E-state index is 0.0801. The molecule has 0 aliphatic carbocycles. The Hall–Kier alpha value is -0.0551. The molecule has 2 rings (SSSR count). The molecule has 0 unspecified atom stereocenters. The van der Waals surface area contributed by atoms with Crippen LogP contribution in [0.4, 0.5) is 0 Å². The Morgan fingerprint density at radius 1 is 1.25 bits per heavy atom. The lowest BCUT2D eigenvalue weighted by Crippen LogP contribution is -2.52. The van der Waals surface area contributed by atoms with Crippen LogP contribution in [0.1, 0.15) is 19.8 Å². The van der Waals surface area contributed by atoms with Gasteiger partial charge in [0.25, 0.3) is 0 Å². The van der Waals surface area contributed by atoms with Crippen LogP contribution in [0.2, 0.25) is 0 Å². The Kier molecular flexibility index (Phi) is 2.39. The van der Waals surface area contributed by atoms with Crippen molar-refractivity contribution in [1.29, 1.82) is 0 Å². The third-order valence-corrected chi connectivity index (χ3v) is 3.00. The first-order valence-electron chi connectivity index (χ1n) is 4.96. The average molecular weight is 170 g/mol. The second-order valence-corrected chi connectivity index (χ2v) is 3.79. The molecule has 0 saturated carbocycles. The van der Waals surface area contributed by atoms with Crippen molar-refractivity contribution in [2.24, 2.45) is 0 Å². The summed E-state index contributed by atoms with van der Waals surface area (Å²) in [5.74, 6) is 0. The van der Waals surface area contributed by atoms with Gasteiger partial charge in [-0.2, -0.15) is 0 Å². The van der Waals surface area contributed by atoms with E-state index in [0.717, 1.165) is 30.7 Å². The van der Waals surface area contributed by atoms with Crippen molar-refractivity contribution in [3.63, 3.8) is 0 Å². The lowest BCUT2D eigenvalue weighted by atomic mass is 10.0. The van der Waals surface area contributed by atoms with Gasteiger partial charge in [-0.05, 0) is 6.42 Å². The lowest BCUT2D eigenvalue weighted by Gasteiger charge is -2.28. The van der Waals surface area contributed by atoms with E-state index in [2.05, 4.69) is 6.92 Å². The molecular weight excluding hydrogens is 153 g/mol. The molecule has 0 N–H and O–H groups in total. The van der Waals surface area contributed by atoms with Crippen LogP contribution in [0.5, 0.6) is 0 Å². The first-order valence-corrected chi connectivity index (χ1v) is 4.96. The van der Waals surface area contributed by atoms with Crippen LogP contribution < -0.4 is 0 Å². The Morgan fingerprint density at radius 2 is 1.92 bits per heavy atom. The quantitative estimate of drug-likeness (QED) is 0.579. The molecular formula is C8H17BNO2+. The highest BCUT2D eigenvalue weighted by Gasteiger charge is 2.56. The third kappa shape index (κ3) is 1.28. The summed E-state index contributed by atoms with van der Waals surface area (Å²) < 4.78 is 12.1. The first kappa shape index (κ1) is 8.54. The molecule has 0 bridgehead atoms. The van der Waals surface area contributed by atoms with E-state index in [1.54, 1.807) is 0 Å². The fourth-order valence-corrected chi connectivity index (χ4v) is 2.16. The summed E-state index contributed by atoms with van der Waals surface area (Å²) in [6, 6.07) is 0. The smallest absolute Gasteiger partial charge is 0.348 e. The van der Waals surface area contributed by atoms with E-state index < -0.39 is 0 Å². The second-order valence-electron chi connectivity index (χ2n) is 3.79. The predicted octanol–water partition coefficient (Wildman–Crippen LogP) is 0.649. The molecule has 68 valence electrons. The van der Waals surface area contributed by atoms with Crippen molar-refractivity contribution < 1.29 is 13.7 Å². The van der Waals surface area contributed by atoms with E-state index in [-0.39, 0.29) is 7.25 Å². The van der Waals surface area contributed by atoms with Crippen LogP contribution in [-0.4, -0.2) is 44.5 Å². The summed E-state index contributed by atoms with van der Waals surface area (Å²) in [5.41, 5.74) is 0. The lowest BCUT2D eigenvalue weighted by molar-refractivity contribution is -0.815. The Bertz CT molecular complexity index is 155. The first-order chi connectivity index (χ1) is 5.87. The summed E-state index contributed by atoms with van der Waals surface area (Å²) in [7, 11) is 0.0801. The normalized spacial score (nSPS) is 26.2. The van der Waals surface area contributed by atoms with Crippen LogP contribution in [0.3, 0.4) is 0 Å². The van der Waals surface area contributed by atoms with Gasteiger partial charge in [0.1, 0.15) is 0 Å². The molecule has 4 heteroatoms. The van der Waals surface area contributed by atoms with E-state index in [1.807, 2.05) is 0 Å². The van der Waals surface area contributed by atoms with Crippen LogP contribution in [-0.2, 0) is 9.31 Å². The fourth-order valence-electron chi connectivity index (χ4n) is 2.16. The molecule has 2 heterocycles. The van der Waals surface area contributed by atoms with Gasteiger partial charge in [0.2, 0.25) is 0 Å². The average Bonchev–Trinajstić information content (AvgIpc) is 2.58. The number of unbranched alkanes of at least 4 members (excludes halogenated alkanes) is 1. The van der Waals surface area contributed by atoms with E-state index in [0.29, 0.717) is 0 Å². The summed E-state index contributed by atoms with van der Waals surface area (Å²) in [6.07, 6.45) is 2.57. The van der Waals surface area contributed by atoms with Crippen molar-refractivity contribution in [1.82, 2.24) is 0 Å². The van der Waals surface area contributed by atoms with Crippen LogP contribution >= 0.6 is 0 Å². The Labute approximate surface area is 74.4 Å². The maximum atomic E-state index is 5.53. The standard InChI is InChI=1S/C8H17BNO2/c1-2-3-4-10-5-7-11-9(10)12-8-6-10/h2-8H2,1H3/q+1. The molecule has 0 atom stereocenters. The third-order valence-electron chi connectivity index (χ3n) is 3.00. The highest BCUT2D eigenvalue weighted by molar-refractivity contribution is 6.36. The monoisotopic (exact) mass is 170 g/mol. The zero-order valence-corrected chi connectivity index (χ0v) is 7.79. The molecule has 0 aromatic carbocycles. The van der Waals surface area contributed by atoms with Gasteiger partial charge in [-0.1, -0.05) is 13.3 Å². The molecule has 3 nitrogen and oxygen atoms in total. The number of rotatable bonds is 3. The predicted molar refractivity (Wildman–Crippen MR) is 47.4 cm³/mol. The van der Waals surface area contributed by atoms with E-state index >= 15 is 0 Å². The molecule has 0 radical (unpaired) electrons. The van der Waals surface area contributed by atoms with Gasteiger partial charge >= 0.3 is 7.25 Å². The van der Waals surface area contributed by atoms with Gasteiger partial charge in [0.05, 0.1) is 32.8 Å². The number of fused-ring (bicyclic) bond motifs is 1. The van der Waals surface area contributed by atoms with E-state index in [1.165, 1.54) is 19.4 Å². The molecule has 2 aliphatic heterocycles. The van der Waals surface area contributed by atoms with Gasteiger partial charge in [0, 0.05) is 0 Å². The largest absolute Gasteiger partial charge is 0.760 e. The molecule has 2 saturated heterocycles. The van der Waals surface area contributed by atoms with E-state index in [4.69, 9.17) is 9.31 Å². The van der Waals surface area contributed by atoms with Crippen molar-refractivity contribution in [3.05, 3.63) is 0 Å². The Balaban J connectivity index is 1.97.